The van der Waals surface area contributed by atoms with Crippen molar-refractivity contribution in [1.82, 2.24) is 9.80 Å². The fraction of sp³-hybridized carbons (Fsp3) is 0.467. The van der Waals surface area contributed by atoms with Crippen molar-refractivity contribution >= 4 is 29.6 Å². The summed E-state index contributed by atoms with van der Waals surface area (Å²) in [4.78, 5) is 26.2. The molecule has 0 radical (unpaired) electrons. The molecule has 1 aliphatic rings. The second-order valence-corrected chi connectivity index (χ2v) is 5.57. The fourth-order valence-corrected chi connectivity index (χ4v) is 2.43. The molecule has 0 aromatic heterocycles. The number of aryl methyl sites for hydroxylation is 1. The summed E-state index contributed by atoms with van der Waals surface area (Å²) in [6.07, 6.45) is 1.27. The van der Waals surface area contributed by atoms with Gasteiger partial charge < -0.3 is 15.1 Å². The van der Waals surface area contributed by atoms with Gasteiger partial charge in [0.15, 0.2) is 0 Å². The number of rotatable bonds is 5. The molecule has 0 spiro atoms. The van der Waals surface area contributed by atoms with Crippen molar-refractivity contribution in [2.24, 2.45) is 0 Å². The van der Waals surface area contributed by atoms with Crippen LogP contribution in [-0.2, 0) is 9.59 Å². The molecule has 0 saturated carbocycles. The Morgan fingerprint density at radius 1 is 1.33 bits per heavy atom. The zero-order valence-corrected chi connectivity index (χ0v) is 12.9. The van der Waals surface area contributed by atoms with E-state index in [2.05, 4.69) is 5.32 Å². The summed E-state index contributed by atoms with van der Waals surface area (Å²) in [6, 6.07) is 5.77. The maximum absolute atomic E-state index is 12.1. The van der Waals surface area contributed by atoms with Crippen molar-refractivity contribution in [3.8, 4) is 0 Å². The zero-order chi connectivity index (χ0) is 15.2. The lowest BCUT2D eigenvalue weighted by Gasteiger charge is -2.32. The van der Waals surface area contributed by atoms with Gasteiger partial charge in [-0.15, -0.1) is 0 Å². The molecule has 5 nitrogen and oxygen atoms in total. The standard InChI is InChI=1S/C15H20ClN3O2/c1-12-2-3-13(10-14(12)16)17-5-4-15(21)19-8-6-18(11-20)7-9-19/h2-3,10-11,17H,4-9H2,1H3. The van der Waals surface area contributed by atoms with E-state index in [1.54, 1.807) is 4.90 Å². The number of benzene rings is 1. The Hall–Kier alpha value is -1.75. The van der Waals surface area contributed by atoms with E-state index in [-0.39, 0.29) is 5.91 Å². The van der Waals surface area contributed by atoms with Gasteiger partial charge in [-0.2, -0.15) is 0 Å². The van der Waals surface area contributed by atoms with Crippen molar-refractivity contribution < 1.29 is 9.59 Å². The van der Waals surface area contributed by atoms with Crippen LogP contribution in [0.4, 0.5) is 5.69 Å². The second-order valence-electron chi connectivity index (χ2n) is 5.16. The predicted molar refractivity (Wildman–Crippen MR) is 83.5 cm³/mol. The molecule has 2 rings (SSSR count). The van der Waals surface area contributed by atoms with Crippen molar-refractivity contribution in [2.75, 3.05) is 38.0 Å². The van der Waals surface area contributed by atoms with Gasteiger partial charge in [0.2, 0.25) is 12.3 Å². The van der Waals surface area contributed by atoms with Crippen LogP contribution < -0.4 is 5.32 Å². The molecule has 0 atom stereocenters. The quantitative estimate of drug-likeness (QED) is 0.843. The normalized spacial score (nSPS) is 15.0. The average Bonchev–Trinajstić information content (AvgIpc) is 2.51. The molecule has 0 unspecified atom stereocenters. The van der Waals surface area contributed by atoms with E-state index < -0.39 is 0 Å². The minimum atomic E-state index is 0.117. The molecule has 0 bridgehead atoms. The number of piperazine rings is 1. The number of anilines is 1. The summed E-state index contributed by atoms with van der Waals surface area (Å²) in [7, 11) is 0. The lowest BCUT2D eigenvalue weighted by molar-refractivity contribution is -0.134. The summed E-state index contributed by atoms with van der Waals surface area (Å²) in [5, 5.41) is 3.92. The van der Waals surface area contributed by atoms with Crippen molar-refractivity contribution in [1.29, 1.82) is 0 Å². The maximum Gasteiger partial charge on any atom is 0.224 e. The third kappa shape index (κ3) is 4.36. The van der Waals surface area contributed by atoms with E-state index in [4.69, 9.17) is 11.6 Å². The molecule has 21 heavy (non-hydrogen) atoms. The number of nitrogens with one attached hydrogen (secondary N) is 1. The molecule has 0 aliphatic carbocycles. The minimum Gasteiger partial charge on any atom is -0.384 e. The lowest BCUT2D eigenvalue weighted by Crippen LogP contribution is -2.48. The van der Waals surface area contributed by atoms with Crippen LogP contribution in [0.5, 0.6) is 0 Å². The third-order valence-corrected chi connectivity index (χ3v) is 4.06. The van der Waals surface area contributed by atoms with Crippen LogP contribution in [0.3, 0.4) is 0 Å². The first-order valence-corrected chi connectivity index (χ1v) is 7.45. The van der Waals surface area contributed by atoms with Gasteiger partial charge in [0.1, 0.15) is 0 Å². The van der Waals surface area contributed by atoms with Gasteiger partial charge in [-0.05, 0) is 24.6 Å². The first-order valence-electron chi connectivity index (χ1n) is 7.07. The Morgan fingerprint density at radius 2 is 2.05 bits per heavy atom. The summed E-state index contributed by atoms with van der Waals surface area (Å²) < 4.78 is 0. The molecule has 6 heteroatoms. The highest BCUT2D eigenvalue weighted by molar-refractivity contribution is 6.31. The molecular weight excluding hydrogens is 290 g/mol. The topological polar surface area (TPSA) is 52.7 Å². The Labute approximate surface area is 129 Å². The monoisotopic (exact) mass is 309 g/mol. The Bertz CT molecular complexity index is 514. The number of hydrogen-bond acceptors (Lipinski definition) is 3. The average molecular weight is 310 g/mol. The van der Waals surface area contributed by atoms with Crippen molar-refractivity contribution in [3.63, 3.8) is 0 Å². The van der Waals surface area contributed by atoms with Crippen LogP contribution in [0.25, 0.3) is 0 Å². The Morgan fingerprint density at radius 3 is 2.67 bits per heavy atom. The van der Waals surface area contributed by atoms with Gasteiger partial charge in [0.25, 0.3) is 0 Å². The van der Waals surface area contributed by atoms with E-state index in [1.165, 1.54) is 0 Å². The van der Waals surface area contributed by atoms with Gasteiger partial charge >= 0.3 is 0 Å². The lowest BCUT2D eigenvalue weighted by atomic mass is 10.2. The summed E-state index contributed by atoms with van der Waals surface area (Å²) in [5.74, 6) is 0.117. The van der Waals surface area contributed by atoms with E-state index in [0.29, 0.717) is 39.1 Å². The number of carbonyl (C=O) groups excluding carboxylic acids is 2. The van der Waals surface area contributed by atoms with Crippen LogP contribution >= 0.6 is 11.6 Å². The Balaban J connectivity index is 1.74. The first kappa shape index (κ1) is 15.6. The number of amides is 2. The predicted octanol–water partition coefficient (Wildman–Crippen LogP) is 1.75. The number of carbonyl (C=O) groups is 2. The number of halogens is 1. The summed E-state index contributed by atoms with van der Waals surface area (Å²) >= 11 is 6.06. The number of nitrogens with zero attached hydrogens (tertiary/aromatic N) is 2. The maximum atomic E-state index is 12.1. The molecule has 1 N–H and O–H groups in total. The largest absolute Gasteiger partial charge is 0.384 e. The summed E-state index contributed by atoms with van der Waals surface area (Å²) in [6.45, 7) is 5.01. The highest BCUT2D eigenvalue weighted by atomic mass is 35.5. The van der Waals surface area contributed by atoms with E-state index in [9.17, 15) is 9.59 Å². The highest BCUT2D eigenvalue weighted by Gasteiger charge is 2.19. The van der Waals surface area contributed by atoms with E-state index >= 15 is 0 Å². The molecule has 1 fully saturated rings. The van der Waals surface area contributed by atoms with Crippen LogP contribution in [0.15, 0.2) is 18.2 Å². The summed E-state index contributed by atoms with van der Waals surface area (Å²) in [5.41, 5.74) is 1.95. The van der Waals surface area contributed by atoms with Gasteiger partial charge in [0, 0.05) is 49.9 Å². The highest BCUT2D eigenvalue weighted by Crippen LogP contribution is 2.19. The first-order chi connectivity index (χ1) is 10.1. The minimum absolute atomic E-state index is 0.117. The van der Waals surface area contributed by atoms with Gasteiger partial charge in [-0.3, -0.25) is 9.59 Å². The van der Waals surface area contributed by atoms with Crippen molar-refractivity contribution in [3.05, 3.63) is 28.8 Å². The molecule has 114 valence electrons. The number of hydrogen-bond donors (Lipinski definition) is 1. The van der Waals surface area contributed by atoms with Crippen molar-refractivity contribution in [2.45, 2.75) is 13.3 Å². The van der Waals surface area contributed by atoms with E-state index in [1.807, 2.05) is 30.0 Å². The molecule has 1 heterocycles. The molecule has 1 aromatic rings. The van der Waals surface area contributed by atoms with Crippen LogP contribution in [0, 0.1) is 6.92 Å². The zero-order valence-electron chi connectivity index (χ0n) is 12.1. The van der Waals surface area contributed by atoms with E-state index in [0.717, 1.165) is 22.7 Å². The Kier molecular flexibility index (Phi) is 5.44. The molecule has 1 saturated heterocycles. The second kappa shape index (κ2) is 7.31. The fourth-order valence-electron chi connectivity index (χ4n) is 2.25. The van der Waals surface area contributed by atoms with Gasteiger partial charge in [-0.25, -0.2) is 0 Å². The molecular formula is C15H20ClN3O2. The van der Waals surface area contributed by atoms with Crippen LogP contribution in [-0.4, -0.2) is 54.8 Å². The van der Waals surface area contributed by atoms with Gasteiger partial charge in [0.05, 0.1) is 0 Å². The smallest absolute Gasteiger partial charge is 0.224 e. The van der Waals surface area contributed by atoms with Crippen LogP contribution in [0.2, 0.25) is 5.02 Å². The third-order valence-electron chi connectivity index (χ3n) is 3.66. The van der Waals surface area contributed by atoms with Gasteiger partial charge in [-0.1, -0.05) is 17.7 Å². The molecule has 2 amide bonds. The SMILES string of the molecule is Cc1ccc(NCCC(=O)N2CCN(C=O)CC2)cc1Cl. The van der Waals surface area contributed by atoms with Crippen LogP contribution in [0.1, 0.15) is 12.0 Å². The molecule has 1 aromatic carbocycles. The molecule has 1 aliphatic heterocycles.